The van der Waals surface area contributed by atoms with Gasteiger partial charge in [0.1, 0.15) is 5.75 Å². The van der Waals surface area contributed by atoms with Crippen molar-refractivity contribution >= 4 is 61.3 Å². The first-order valence-electron chi connectivity index (χ1n) is 9.74. The second-order valence-corrected chi connectivity index (χ2v) is 10.4. The number of aromatic nitrogens is 1. The number of hydrogen-bond donors (Lipinski definition) is 2. The number of methoxy groups -OCH3 is 1. The summed E-state index contributed by atoms with van der Waals surface area (Å²) in [5, 5.41) is 5.91. The molecule has 2 N–H and O–H groups in total. The number of carbonyl (C=O) groups is 1. The van der Waals surface area contributed by atoms with E-state index in [1.54, 1.807) is 35.7 Å². The van der Waals surface area contributed by atoms with Gasteiger partial charge in [0.05, 0.1) is 22.7 Å². The summed E-state index contributed by atoms with van der Waals surface area (Å²) in [6, 6.07) is 17.1. The number of nitrogens with zero attached hydrogens (tertiary/aromatic N) is 1. The van der Waals surface area contributed by atoms with Crippen molar-refractivity contribution in [3.05, 3.63) is 87.7 Å². The molecule has 4 aromatic rings. The molecule has 0 bridgehead atoms. The van der Waals surface area contributed by atoms with Crippen LogP contribution in [-0.4, -0.2) is 26.4 Å². The summed E-state index contributed by atoms with van der Waals surface area (Å²) in [4.78, 5) is 17.1. The molecule has 0 aliphatic carbocycles. The summed E-state index contributed by atoms with van der Waals surface area (Å²) in [5.74, 6) is 0.167. The van der Waals surface area contributed by atoms with Gasteiger partial charge in [-0.25, -0.2) is 13.4 Å². The van der Waals surface area contributed by atoms with Crippen LogP contribution in [0.15, 0.2) is 77.0 Å². The Bertz CT molecular complexity index is 1440. The standard InChI is InChI=1S/C23H17Cl2N3O4S2/c1-32-17-7-9-18(10-8-17)34(30,31)28-16-5-2-14(3-6-16)22(29)27-23-26-21(13-33-23)19-12-15(24)4-11-20(19)25/h2-13,28H,1H3,(H,26,27,29). The number of sulfonamides is 1. The molecule has 0 aliphatic heterocycles. The van der Waals surface area contributed by atoms with E-state index < -0.39 is 10.0 Å². The van der Waals surface area contributed by atoms with Crippen molar-refractivity contribution in [3.8, 4) is 17.0 Å². The van der Waals surface area contributed by atoms with Crippen LogP contribution < -0.4 is 14.8 Å². The van der Waals surface area contributed by atoms with Crippen molar-refractivity contribution in [2.75, 3.05) is 17.1 Å². The number of halogens is 2. The predicted octanol–water partition coefficient (Wildman–Crippen LogP) is 6.18. The molecule has 0 atom stereocenters. The SMILES string of the molecule is COc1ccc(S(=O)(=O)Nc2ccc(C(=O)Nc3nc(-c4cc(Cl)ccc4Cl)cs3)cc2)cc1. The van der Waals surface area contributed by atoms with Crippen molar-refractivity contribution in [2.45, 2.75) is 4.90 Å². The maximum absolute atomic E-state index is 12.6. The zero-order chi connectivity index (χ0) is 24.3. The van der Waals surface area contributed by atoms with E-state index in [0.717, 1.165) is 0 Å². The second kappa shape index (κ2) is 10.0. The average Bonchev–Trinajstić information content (AvgIpc) is 3.29. The highest BCUT2D eigenvalue weighted by Gasteiger charge is 2.16. The number of benzene rings is 3. The molecule has 3 aromatic carbocycles. The van der Waals surface area contributed by atoms with Crippen molar-refractivity contribution in [2.24, 2.45) is 0 Å². The van der Waals surface area contributed by atoms with Crippen LogP contribution in [0, 0.1) is 0 Å². The van der Waals surface area contributed by atoms with Gasteiger partial charge in [-0.2, -0.15) is 0 Å². The maximum atomic E-state index is 12.6. The molecule has 34 heavy (non-hydrogen) atoms. The van der Waals surface area contributed by atoms with Crippen LogP contribution >= 0.6 is 34.5 Å². The molecule has 0 unspecified atom stereocenters. The smallest absolute Gasteiger partial charge is 0.261 e. The molecular formula is C23H17Cl2N3O4S2. The lowest BCUT2D eigenvalue weighted by Crippen LogP contribution is -2.14. The molecule has 7 nitrogen and oxygen atoms in total. The minimum Gasteiger partial charge on any atom is -0.497 e. The van der Waals surface area contributed by atoms with Crippen LogP contribution in [0.2, 0.25) is 10.0 Å². The third-order valence-electron chi connectivity index (χ3n) is 4.70. The van der Waals surface area contributed by atoms with Crippen LogP contribution in [0.1, 0.15) is 10.4 Å². The number of thiazole rings is 1. The topological polar surface area (TPSA) is 97.4 Å². The predicted molar refractivity (Wildman–Crippen MR) is 136 cm³/mol. The van der Waals surface area contributed by atoms with Crippen molar-refractivity contribution in [1.29, 1.82) is 0 Å². The van der Waals surface area contributed by atoms with E-state index in [1.165, 1.54) is 54.8 Å². The Labute approximate surface area is 210 Å². The zero-order valence-electron chi connectivity index (χ0n) is 17.6. The Morgan fingerprint density at radius 2 is 1.71 bits per heavy atom. The highest BCUT2D eigenvalue weighted by molar-refractivity contribution is 7.92. The molecule has 0 spiro atoms. The number of anilines is 2. The van der Waals surface area contributed by atoms with Crippen LogP contribution in [0.5, 0.6) is 5.75 Å². The Morgan fingerprint density at radius 1 is 1.00 bits per heavy atom. The minimum absolute atomic E-state index is 0.0921. The molecule has 1 aromatic heterocycles. The van der Waals surface area contributed by atoms with Gasteiger partial charge in [0.2, 0.25) is 0 Å². The molecular weight excluding hydrogens is 517 g/mol. The summed E-state index contributed by atoms with van der Waals surface area (Å²) in [5.41, 5.74) is 1.92. The lowest BCUT2D eigenvalue weighted by molar-refractivity contribution is 0.102. The number of rotatable bonds is 7. The van der Waals surface area contributed by atoms with Crippen molar-refractivity contribution < 1.29 is 17.9 Å². The third-order valence-corrected chi connectivity index (χ3v) is 7.42. The van der Waals surface area contributed by atoms with Crippen LogP contribution in [-0.2, 0) is 10.0 Å². The van der Waals surface area contributed by atoms with E-state index in [1.807, 2.05) is 0 Å². The summed E-state index contributed by atoms with van der Waals surface area (Å²) in [7, 11) is -2.28. The fourth-order valence-electron chi connectivity index (χ4n) is 2.98. The van der Waals surface area contributed by atoms with Crippen molar-refractivity contribution in [3.63, 3.8) is 0 Å². The van der Waals surface area contributed by atoms with E-state index in [-0.39, 0.29) is 10.8 Å². The van der Waals surface area contributed by atoms with Crippen LogP contribution in [0.25, 0.3) is 11.3 Å². The molecule has 11 heteroatoms. The van der Waals surface area contributed by atoms with E-state index in [4.69, 9.17) is 27.9 Å². The number of amides is 1. The van der Waals surface area contributed by atoms with Gasteiger partial charge in [-0.05, 0) is 66.7 Å². The Hall–Kier alpha value is -3.11. The van der Waals surface area contributed by atoms with Gasteiger partial charge in [-0.15, -0.1) is 11.3 Å². The first kappa shape index (κ1) is 24.0. The van der Waals surface area contributed by atoms with E-state index in [2.05, 4.69) is 15.0 Å². The second-order valence-electron chi connectivity index (χ2n) is 6.97. The lowest BCUT2D eigenvalue weighted by Gasteiger charge is -2.09. The fraction of sp³-hybridized carbons (Fsp3) is 0.0435. The molecule has 1 heterocycles. The number of carbonyl (C=O) groups excluding carboxylic acids is 1. The quantitative estimate of drug-likeness (QED) is 0.295. The number of hydrogen-bond acceptors (Lipinski definition) is 6. The third kappa shape index (κ3) is 5.51. The highest BCUT2D eigenvalue weighted by Crippen LogP contribution is 2.32. The first-order valence-corrected chi connectivity index (χ1v) is 12.9. The molecule has 0 saturated heterocycles. The molecule has 4 rings (SSSR count). The van der Waals surface area contributed by atoms with Gasteiger partial charge in [0.15, 0.2) is 5.13 Å². The van der Waals surface area contributed by atoms with Gasteiger partial charge in [0.25, 0.3) is 15.9 Å². The molecule has 0 fully saturated rings. The van der Waals surface area contributed by atoms with Gasteiger partial charge in [-0.3, -0.25) is 14.8 Å². The maximum Gasteiger partial charge on any atom is 0.261 e. The van der Waals surface area contributed by atoms with Crippen LogP contribution in [0.3, 0.4) is 0 Å². The molecule has 174 valence electrons. The largest absolute Gasteiger partial charge is 0.497 e. The Morgan fingerprint density at radius 3 is 2.38 bits per heavy atom. The average molecular weight is 534 g/mol. The molecule has 1 amide bonds. The number of nitrogens with one attached hydrogen (secondary N) is 2. The normalized spacial score (nSPS) is 11.1. The highest BCUT2D eigenvalue weighted by atomic mass is 35.5. The van der Waals surface area contributed by atoms with Gasteiger partial charge in [-0.1, -0.05) is 23.2 Å². The monoisotopic (exact) mass is 533 g/mol. The van der Waals surface area contributed by atoms with Gasteiger partial charge in [0, 0.05) is 27.2 Å². The van der Waals surface area contributed by atoms with E-state index in [9.17, 15) is 13.2 Å². The Balaban J connectivity index is 1.43. The molecule has 0 aliphatic rings. The zero-order valence-corrected chi connectivity index (χ0v) is 20.7. The Kier molecular flexibility index (Phi) is 7.08. The lowest BCUT2D eigenvalue weighted by atomic mass is 10.2. The van der Waals surface area contributed by atoms with E-state index >= 15 is 0 Å². The summed E-state index contributed by atoms with van der Waals surface area (Å²) in [6.45, 7) is 0. The van der Waals surface area contributed by atoms with Gasteiger partial charge < -0.3 is 4.74 Å². The van der Waals surface area contributed by atoms with Crippen molar-refractivity contribution in [1.82, 2.24) is 4.98 Å². The number of ether oxygens (including phenoxy) is 1. The fourth-order valence-corrected chi connectivity index (χ4v) is 5.13. The summed E-state index contributed by atoms with van der Waals surface area (Å²) < 4.78 is 32.7. The van der Waals surface area contributed by atoms with Gasteiger partial charge >= 0.3 is 0 Å². The first-order chi connectivity index (χ1) is 16.2. The minimum atomic E-state index is -3.78. The van der Waals surface area contributed by atoms with E-state index in [0.29, 0.717) is 43.4 Å². The summed E-state index contributed by atoms with van der Waals surface area (Å²) >= 11 is 13.5. The molecule has 0 radical (unpaired) electrons. The van der Waals surface area contributed by atoms with Crippen LogP contribution in [0.4, 0.5) is 10.8 Å². The molecule has 0 saturated carbocycles. The summed E-state index contributed by atoms with van der Waals surface area (Å²) in [6.07, 6.45) is 0.